The molecule has 5 nitrogen and oxygen atoms in total. The van der Waals surface area contributed by atoms with Crippen LogP contribution in [0.15, 0.2) is 47.3 Å². The minimum Gasteiger partial charge on any atom is -0.472 e. The smallest absolute Gasteiger partial charge is 0.315 e. The average molecular weight is 309 g/mol. The van der Waals surface area contributed by atoms with Gasteiger partial charge in [-0.05, 0) is 30.2 Å². The zero-order valence-electron chi connectivity index (χ0n) is 11.4. The number of furan rings is 1. The molecular weight excluding hydrogens is 292 g/mol. The summed E-state index contributed by atoms with van der Waals surface area (Å²) in [6, 6.07) is 8.68. The van der Waals surface area contributed by atoms with Crippen molar-refractivity contribution in [2.45, 2.75) is 19.1 Å². The van der Waals surface area contributed by atoms with Gasteiger partial charge in [-0.3, -0.25) is 0 Å². The van der Waals surface area contributed by atoms with Crippen LogP contribution in [0.1, 0.15) is 23.7 Å². The Balaban J connectivity index is 1.64. The zero-order valence-corrected chi connectivity index (χ0v) is 12.1. The number of benzene rings is 1. The van der Waals surface area contributed by atoms with E-state index in [-0.39, 0.29) is 6.03 Å². The first-order valence-electron chi connectivity index (χ1n) is 6.61. The highest BCUT2D eigenvalue weighted by Crippen LogP contribution is 2.15. The molecule has 1 aromatic heterocycles. The van der Waals surface area contributed by atoms with Crippen molar-refractivity contribution in [1.29, 1.82) is 0 Å². The van der Waals surface area contributed by atoms with Crippen LogP contribution >= 0.6 is 11.6 Å². The predicted octanol–water partition coefficient (Wildman–Crippen LogP) is 2.86. The van der Waals surface area contributed by atoms with Crippen LogP contribution in [-0.4, -0.2) is 17.7 Å². The largest absolute Gasteiger partial charge is 0.472 e. The lowest BCUT2D eigenvalue weighted by molar-refractivity contribution is 0.166. The molecule has 0 aliphatic carbocycles. The highest BCUT2D eigenvalue weighted by molar-refractivity contribution is 6.30. The molecule has 3 N–H and O–H groups in total. The lowest BCUT2D eigenvalue weighted by Crippen LogP contribution is -2.36. The van der Waals surface area contributed by atoms with Crippen molar-refractivity contribution >= 4 is 17.6 Å². The molecule has 0 saturated heterocycles. The number of hydrogen-bond donors (Lipinski definition) is 3. The van der Waals surface area contributed by atoms with E-state index in [4.69, 9.17) is 16.0 Å². The van der Waals surface area contributed by atoms with E-state index >= 15 is 0 Å². The standard InChI is InChI=1S/C15H17ClN2O3/c16-13-3-1-11(2-4-13)9-18-15(20)17-7-5-14(19)12-6-8-21-10-12/h1-4,6,8,10,14,19H,5,7,9H2,(H2,17,18,20)/t14-/m0/s1. The molecule has 0 spiro atoms. The van der Waals surface area contributed by atoms with Crippen LogP contribution in [0.25, 0.3) is 0 Å². The Labute approximate surface area is 127 Å². The quantitative estimate of drug-likeness (QED) is 0.768. The second-order valence-corrected chi connectivity index (χ2v) is 5.03. The van der Waals surface area contributed by atoms with Gasteiger partial charge in [0.2, 0.25) is 0 Å². The van der Waals surface area contributed by atoms with E-state index < -0.39 is 6.10 Å². The summed E-state index contributed by atoms with van der Waals surface area (Å²) < 4.78 is 4.89. The number of nitrogens with one attached hydrogen (secondary N) is 2. The lowest BCUT2D eigenvalue weighted by atomic mass is 10.1. The molecule has 0 aliphatic heterocycles. The van der Waals surface area contributed by atoms with Crippen LogP contribution in [0.5, 0.6) is 0 Å². The molecule has 0 unspecified atom stereocenters. The van der Waals surface area contributed by atoms with Crippen LogP contribution in [0.3, 0.4) is 0 Å². The van der Waals surface area contributed by atoms with Crippen LogP contribution in [-0.2, 0) is 6.54 Å². The van der Waals surface area contributed by atoms with E-state index in [9.17, 15) is 9.90 Å². The Bertz CT molecular complexity index is 555. The number of urea groups is 1. The highest BCUT2D eigenvalue weighted by atomic mass is 35.5. The van der Waals surface area contributed by atoms with Crippen molar-refractivity contribution in [3.05, 3.63) is 59.0 Å². The summed E-state index contributed by atoms with van der Waals surface area (Å²) in [5, 5.41) is 15.9. The van der Waals surface area contributed by atoms with Gasteiger partial charge in [-0.25, -0.2) is 4.79 Å². The van der Waals surface area contributed by atoms with Crippen molar-refractivity contribution in [3.63, 3.8) is 0 Å². The van der Waals surface area contributed by atoms with Crippen LogP contribution in [0, 0.1) is 0 Å². The van der Waals surface area contributed by atoms with E-state index in [0.717, 1.165) is 5.56 Å². The molecular formula is C15H17ClN2O3. The Morgan fingerprint density at radius 2 is 2.00 bits per heavy atom. The summed E-state index contributed by atoms with van der Waals surface area (Å²) >= 11 is 5.78. The Morgan fingerprint density at radius 3 is 2.67 bits per heavy atom. The van der Waals surface area contributed by atoms with Crippen LogP contribution in [0.2, 0.25) is 5.02 Å². The SMILES string of the molecule is O=C(NCC[C@H](O)c1ccoc1)NCc1ccc(Cl)cc1. The van der Waals surface area contributed by atoms with Gasteiger partial charge in [-0.15, -0.1) is 0 Å². The molecule has 0 radical (unpaired) electrons. The molecule has 2 amide bonds. The maximum Gasteiger partial charge on any atom is 0.315 e. The summed E-state index contributed by atoms with van der Waals surface area (Å²) in [4.78, 5) is 11.6. The predicted molar refractivity (Wildman–Crippen MR) is 80.0 cm³/mol. The Kier molecular flexibility index (Phi) is 5.66. The summed E-state index contributed by atoms with van der Waals surface area (Å²) in [5.74, 6) is 0. The number of carbonyl (C=O) groups excluding carboxylic acids is 1. The first-order chi connectivity index (χ1) is 10.1. The van der Waals surface area contributed by atoms with Crippen molar-refractivity contribution in [3.8, 4) is 0 Å². The van der Waals surface area contributed by atoms with Gasteiger partial charge < -0.3 is 20.2 Å². The minimum absolute atomic E-state index is 0.274. The zero-order chi connectivity index (χ0) is 15.1. The highest BCUT2D eigenvalue weighted by Gasteiger charge is 2.09. The molecule has 0 fully saturated rings. The van der Waals surface area contributed by atoms with Crippen molar-refractivity contribution in [2.75, 3.05) is 6.54 Å². The molecule has 21 heavy (non-hydrogen) atoms. The van der Waals surface area contributed by atoms with Gasteiger partial charge in [-0.1, -0.05) is 23.7 Å². The summed E-state index contributed by atoms with van der Waals surface area (Å²) in [6.45, 7) is 0.798. The molecule has 1 aromatic carbocycles. The van der Waals surface area contributed by atoms with E-state index in [2.05, 4.69) is 10.6 Å². The van der Waals surface area contributed by atoms with Gasteiger partial charge in [0.1, 0.15) is 0 Å². The second kappa shape index (κ2) is 7.71. The number of aliphatic hydroxyl groups excluding tert-OH is 1. The average Bonchev–Trinajstić information content (AvgIpc) is 3.01. The first-order valence-corrected chi connectivity index (χ1v) is 6.99. The number of carbonyl (C=O) groups is 1. The third-order valence-corrected chi connectivity index (χ3v) is 3.25. The number of aliphatic hydroxyl groups is 1. The number of halogens is 1. The van der Waals surface area contributed by atoms with Gasteiger partial charge >= 0.3 is 6.03 Å². The molecule has 6 heteroatoms. The van der Waals surface area contributed by atoms with Crippen LogP contribution in [0.4, 0.5) is 4.79 Å². The third-order valence-electron chi connectivity index (χ3n) is 3.00. The van der Waals surface area contributed by atoms with Gasteiger partial charge in [0.05, 0.1) is 18.6 Å². The number of hydrogen-bond acceptors (Lipinski definition) is 3. The molecule has 0 saturated carbocycles. The second-order valence-electron chi connectivity index (χ2n) is 4.60. The molecule has 1 atom stereocenters. The number of amides is 2. The van der Waals surface area contributed by atoms with Gasteiger partial charge in [0.15, 0.2) is 0 Å². The van der Waals surface area contributed by atoms with Crippen LogP contribution < -0.4 is 10.6 Å². The van der Waals surface area contributed by atoms with Crippen molar-refractivity contribution in [2.24, 2.45) is 0 Å². The summed E-state index contributed by atoms with van der Waals surface area (Å²) in [5.41, 5.74) is 1.67. The fourth-order valence-corrected chi connectivity index (χ4v) is 1.93. The normalized spacial score (nSPS) is 11.9. The fraction of sp³-hybridized carbons (Fsp3) is 0.267. The summed E-state index contributed by atoms with van der Waals surface area (Å²) in [7, 11) is 0. The molecule has 0 bridgehead atoms. The first kappa shape index (κ1) is 15.4. The molecule has 1 heterocycles. The third kappa shape index (κ3) is 5.13. The van der Waals surface area contributed by atoms with Gasteiger partial charge in [-0.2, -0.15) is 0 Å². The van der Waals surface area contributed by atoms with Gasteiger partial charge in [0.25, 0.3) is 0 Å². The summed E-state index contributed by atoms with van der Waals surface area (Å²) in [6.07, 6.45) is 2.78. The maximum absolute atomic E-state index is 11.6. The molecule has 2 aromatic rings. The Morgan fingerprint density at radius 1 is 1.24 bits per heavy atom. The molecule has 2 rings (SSSR count). The number of rotatable bonds is 6. The van der Waals surface area contributed by atoms with E-state index in [1.54, 1.807) is 18.2 Å². The molecule has 112 valence electrons. The van der Waals surface area contributed by atoms with Crippen molar-refractivity contribution in [1.82, 2.24) is 10.6 Å². The van der Waals surface area contributed by atoms with E-state index in [1.807, 2.05) is 12.1 Å². The van der Waals surface area contributed by atoms with E-state index in [1.165, 1.54) is 12.5 Å². The minimum atomic E-state index is -0.639. The van der Waals surface area contributed by atoms with Crippen molar-refractivity contribution < 1.29 is 14.3 Å². The van der Waals surface area contributed by atoms with Gasteiger partial charge in [0, 0.05) is 23.7 Å². The lowest BCUT2D eigenvalue weighted by Gasteiger charge is -2.10. The fourth-order valence-electron chi connectivity index (χ4n) is 1.80. The topological polar surface area (TPSA) is 74.5 Å². The monoisotopic (exact) mass is 308 g/mol. The molecule has 0 aliphatic rings. The maximum atomic E-state index is 11.6. The Hall–Kier alpha value is -1.98. The van der Waals surface area contributed by atoms with E-state index in [0.29, 0.717) is 30.1 Å².